The van der Waals surface area contributed by atoms with Crippen LogP contribution in [0.5, 0.6) is 0 Å². The Morgan fingerprint density at radius 3 is 1.87 bits per heavy atom. The number of hydrogen-bond acceptors (Lipinski definition) is 6. The molecular formula is C24H36N6. The number of anilines is 4. The molecule has 0 amide bonds. The van der Waals surface area contributed by atoms with Crippen LogP contribution < -0.4 is 31.9 Å². The highest BCUT2D eigenvalue weighted by atomic mass is 15.2. The molecule has 3 unspecified atom stereocenters. The van der Waals surface area contributed by atoms with Crippen LogP contribution >= 0.6 is 0 Å². The summed E-state index contributed by atoms with van der Waals surface area (Å²) in [5.74, 6) is 0. The SMILES string of the molecule is CCC(CNC1CCN(c2ccc(N)cc2)C1)NC1CCN(c2ccc(N)cc2)C1. The maximum atomic E-state index is 5.82. The van der Waals surface area contributed by atoms with E-state index in [0.29, 0.717) is 18.1 Å². The standard InChI is InChI=1S/C24H36N6/c1-2-20(28-22-12-14-30(17-22)24-9-5-19(26)6-10-24)15-27-21-11-13-29(16-21)23-7-3-18(25)4-8-23/h3-10,20-22,27-28H,2,11-17,25-26H2,1H3. The third-order valence-corrected chi connectivity index (χ3v) is 6.51. The number of rotatable bonds is 8. The molecule has 2 fully saturated rings. The first-order chi connectivity index (χ1) is 14.6. The van der Waals surface area contributed by atoms with Crippen LogP contribution in [0.4, 0.5) is 22.7 Å². The molecule has 2 aromatic rings. The van der Waals surface area contributed by atoms with Crippen LogP contribution in [0.15, 0.2) is 48.5 Å². The summed E-state index contributed by atoms with van der Waals surface area (Å²) in [6, 6.07) is 18.1. The predicted molar refractivity (Wildman–Crippen MR) is 128 cm³/mol. The van der Waals surface area contributed by atoms with Gasteiger partial charge in [0.1, 0.15) is 0 Å². The first-order valence-corrected chi connectivity index (χ1v) is 11.3. The van der Waals surface area contributed by atoms with Crippen molar-refractivity contribution in [2.45, 2.75) is 44.3 Å². The van der Waals surface area contributed by atoms with E-state index >= 15 is 0 Å². The minimum absolute atomic E-state index is 0.506. The van der Waals surface area contributed by atoms with Crippen molar-refractivity contribution in [1.29, 1.82) is 0 Å². The van der Waals surface area contributed by atoms with E-state index in [1.807, 2.05) is 24.3 Å². The zero-order chi connectivity index (χ0) is 20.9. The van der Waals surface area contributed by atoms with Crippen LogP contribution in [0.1, 0.15) is 26.2 Å². The second kappa shape index (κ2) is 9.58. The van der Waals surface area contributed by atoms with Crippen molar-refractivity contribution in [3.05, 3.63) is 48.5 Å². The molecule has 2 saturated heterocycles. The molecule has 2 heterocycles. The van der Waals surface area contributed by atoms with Gasteiger partial charge in [-0.2, -0.15) is 0 Å². The maximum Gasteiger partial charge on any atom is 0.0368 e. The third-order valence-electron chi connectivity index (χ3n) is 6.51. The largest absolute Gasteiger partial charge is 0.399 e. The second-order valence-electron chi connectivity index (χ2n) is 8.73. The molecule has 3 atom stereocenters. The van der Waals surface area contributed by atoms with Gasteiger partial charge in [-0.05, 0) is 67.8 Å². The highest BCUT2D eigenvalue weighted by Gasteiger charge is 2.26. The van der Waals surface area contributed by atoms with E-state index in [2.05, 4.69) is 51.6 Å². The zero-order valence-electron chi connectivity index (χ0n) is 18.1. The molecule has 0 aromatic heterocycles. The quantitative estimate of drug-likeness (QED) is 0.503. The Kier molecular flexibility index (Phi) is 6.65. The van der Waals surface area contributed by atoms with Gasteiger partial charge in [0, 0.05) is 73.6 Å². The van der Waals surface area contributed by atoms with Crippen LogP contribution in [-0.4, -0.2) is 50.8 Å². The first kappa shape index (κ1) is 20.8. The molecule has 0 saturated carbocycles. The number of nitrogen functional groups attached to an aromatic ring is 2. The fourth-order valence-corrected chi connectivity index (χ4v) is 4.63. The topological polar surface area (TPSA) is 82.6 Å². The molecule has 0 bridgehead atoms. The van der Waals surface area contributed by atoms with Gasteiger partial charge in [0.25, 0.3) is 0 Å². The molecule has 6 N–H and O–H groups in total. The lowest BCUT2D eigenvalue weighted by Crippen LogP contribution is -2.47. The average Bonchev–Trinajstić information content (AvgIpc) is 3.42. The Morgan fingerprint density at radius 2 is 1.33 bits per heavy atom. The van der Waals surface area contributed by atoms with Gasteiger partial charge in [-0.1, -0.05) is 6.92 Å². The minimum atomic E-state index is 0.506. The minimum Gasteiger partial charge on any atom is -0.399 e. The summed E-state index contributed by atoms with van der Waals surface area (Å²) in [5, 5.41) is 7.70. The molecule has 0 radical (unpaired) electrons. The summed E-state index contributed by atoms with van der Waals surface area (Å²) < 4.78 is 0. The summed E-state index contributed by atoms with van der Waals surface area (Å²) in [4.78, 5) is 4.91. The van der Waals surface area contributed by atoms with Crippen molar-refractivity contribution in [3.63, 3.8) is 0 Å². The van der Waals surface area contributed by atoms with Gasteiger partial charge in [-0.25, -0.2) is 0 Å². The molecule has 6 nitrogen and oxygen atoms in total. The highest BCUT2D eigenvalue weighted by Crippen LogP contribution is 2.23. The zero-order valence-corrected chi connectivity index (χ0v) is 18.1. The third kappa shape index (κ3) is 5.18. The molecule has 4 rings (SSSR count). The number of nitrogens with two attached hydrogens (primary N) is 2. The van der Waals surface area contributed by atoms with Gasteiger partial charge in [0.15, 0.2) is 0 Å². The number of benzene rings is 2. The Balaban J connectivity index is 1.22. The van der Waals surface area contributed by atoms with Crippen LogP contribution in [-0.2, 0) is 0 Å². The normalized spacial score (nSPS) is 22.6. The lowest BCUT2D eigenvalue weighted by Gasteiger charge is -2.25. The van der Waals surface area contributed by atoms with E-state index < -0.39 is 0 Å². The van der Waals surface area contributed by atoms with Crippen molar-refractivity contribution in [2.24, 2.45) is 0 Å². The summed E-state index contributed by atoms with van der Waals surface area (Å²) >= 11 is 0. The smallest absolute Gasteiger partial charge is 0.0368 e. The Morgan fingerprint density at radius 1 is 0.833 bits per heavy atom. The number of nitrogens with one attached hydrogen (secondary N) is 2. The van der Waals surface area contributed by atoms with Gasteiger partial charge in [-0.15, -0.1) is 0 Å². The Hall–Kier alpha value is -2.44. The summed E-state index contributed by atoms with van der Waals surface area (Å²) in [6.07, 6.45) is 3.52. The molecule has 2 aliphatic heterocycles. The summed E-state index contributed by atoms with van der Waals surface area (Å²) in [5.41, 5.74) is 15.8. The van der Waals surface area contributed by atoms with Crippen molar-refractivity contribution < 1.29 is 0 Å². The van der Waals surface area contributed by atoms with Crippen molar-refractivity contribution in [3.8, 4) is 0 Å². The van der Waals surface area contributed by atoms with Gasteiger partial charge in [0.2, 0.25) is 0 Å². The lowest BCUT2D eigenvalue weighted by molar-refractivity contribution is 0.395. The van der Waals surface area contributed by atoms with E-state index in [4.69, 9.17) is 11.5 Å². The molecule has 6 heteroatoms. The number of nitrogens with zero attached hydrogens (tertiary/aromatic N) is 2. The molecule has 30 heavy (non-hydrogen) atoms. The molecule has 2 aromatic carbocycles. The predicted octanol–water partition coefficient (Wildman–Crippen LogP) is 2.67. The van der Waals surface area contributed by atoms with Gasteiger partial charge < -0.3 is 31.9 Å². The van der Waals surface area contributed by atoms with Crippen molar-refractivity contribution in [2.75, 3.05) is 54.0 Å². The summed E-state index contributed by atoms with van der Waals surface area (Å²) in [6.45, 7) is 7.63. The molecule has 162 valence electrons. The molecule has 0 aliphatic carbocycles. The average molecular weight is 409 g/mol. The fourth-order valence-electron chi connectivity index (χ4n) is 4.63. The lowest BCUT2D eigenvalue weighted by atomic mass is 10.1. The molecule has 0 spiro atoms. The van der Waals surface area contributed by atoms with E-state index in [0.717, 1.165) is 50.5 Å². The molecular weight excluding hydrogens is 372 g/mol. The van der Waals surface area contributed by atoms with Crippen LogP contribution in [0.3, 0.4) is 0 Å². The van der Waals surface area contributed by atoms with Gasteiger partial charge in [0.05, 0.1) is 0 Å². The van der Waals surface area contributed by atoms with E-state index in [1.54, 1.807) is 0 Å². The van der Waals surface area contributed by atoms with Crippen molar-refractivity contribution >= 4 is 22.7 Å². The summed E-state index contributed by atoms with van der Waals surface area (Å²) in [7, 11) is 0. The monoisotopic (exact) mass is 408 g/mol. The van der Waals surface area contributed by atoms with E-state index in [1.165, 1.54) is 24.2 Å². The van der Waals surface area contributed by atoms with E-state index in [9.17, 15) is 0 Å². The maximum absolute atomic E-state index is 5.82. The van der Waals surface area contributed by atoms with Gasteiger partial charge >= 0.3 is 0 Å². The van der Waals surface area contributed by atoms with Crippen LogP contribution in [0, 0.1) is 0 Å². The van der Waals surface area contributed by atoms with Crippen molar-refractivity contribution in [1.82, 2.24) is 10.6 Å². The van der Waals surface area contributed by atoms with Gasteiger partial charge in [-0.3, -0.25) is 0 Å². The highest BCUT2D eigenvalue weighted by molar-refractivity contribution is 5.54. The number of hydrogen-bond donors (Lipinski definition) is 4. The Bertz CT molecular complexity index is 790. The molecule has 2 aliphatic rings. The van der Waals surface area contributed by atoms with E-state index in [-0.39, 0.29) is 0 Å². The van der Waals surface area contributed by atoms with Crippen LogP contribution in [0.2, 0.25) is 0 Å². The Labute approximate surface area is 180 Å². The van der Waals surface area contributed by atoms with Crippen LogP contribution in [0.25, 0.3) is 0 Å². The first-order valence-electron chi connectivity index (χ1n) is 11.3. The second-order valence-corrected chi connectivity index (χ2v) is 8.73. The fraction of sp³-hybridized carbons (Fsp3) is 0.500.